The van der Waals surface area contributed by atoms with Crippen molar-refractivity contribution in [2.45, 2.75) is 37.1 Å². The summed E-state index contributed by atoms with van der Waals surface area (Å²) in [5, 5.41) is 2.99. The van der Waals surface area contributed by atoms with E-state index in [1.807, 2.05) is 49.4 Å². The molecular formula is C23H26N2O4S. The summed E-state index contributed by atoms with van der Waals surface area (Å²) in [6.45, 7) is 3.87. The van der Waals surface area contributed by atoms with Crippen molar-refractivity contribution in [3.63, 3.8) is 0 Å². The van der Waals surface area contributed by atoms with Crippen molar-refractivity contribution < 1.29 is 19.1 Å². The van der Waals surface area contributed by atoms with Gasteiger partial charge in [0.1, 0.15) is 0 Å². The normalized spacial score (nSPS) is 16.2. The minimum Gasteiger partial charge on any atom is -0.490 e. The second kappa shape index (κ2) is 9.43. The van der Waals surface area contributed by atoms with E-state index >= 15 is 0 Å². The van der Waals surface area contributed by atoms with Crippen LogP contribution in [0.3, 0.4) is 0 Å². The van der Waals surface area contributed by atoms with E-state index in [1.54, 1.807) is 16.7 Å². The Kier molecular flexibility index (Phi) is 6.47. The minimum atomic E-state index is -0.183. The number of hydrogen-bond donors (Lipinski definition) is 1. The molecule has 2 aliphatic heterocycles. The number of carbonyl (C=O) groups excluding carboxylic acids is 2. The molecule has 0 spiro atoms. The quantitative estimate of drug-likeness (QED) is 0.784. The van der Waals surface area contributed by atoms with Gasteiger partial charge in [0.15, 0.2) is 11.5 Å². The average molecular weight is 427 g/mol. The molecule has 0 aromatic heterocycles. The monoisotopic (exact) mass is 426 g/mol. The number of benzene rings is 2. The first-order valence-corrected chi connectivity index (χ1v) is 11.3. The highest BCUT2D eigenvalue weighted by Gasteiger charge is 2.23. The van der Waals surface area contributed by atoms with Gasteiger partial charge in [-0.3, -0.25) is 9.59 Å². The maximum Gasteiger partial charge on any atom is 0.227 e. The van der Waals surface area contributed by atoms with E-state index in [1.165, 1.54) is 0 Å². The number of anilines is 1. The third-order valence-electron chi connectivity index (χ3n) is 5.24. The molecule has 0 saturated heterocycles. The lowest BCUT2D eigenvalue weighted by molar-refractivity contribution is -0.125. The number of ether oxygens (including phenoxy) is 2. The van der Waals surface area contributed by atoms with Gasteiger partial charge in [-0.25, -0.2) is 0 Å². The number of carbonyl (C=O) groups is 2. The number of hydrogen-bond acceptors (Lipinski definition) is 5. The molecule has 4 rings (SSSR count). The van der Waals surface area contributed by atoms with Crippen LogP contribution in [0.1, 0.15) is 37.8 Å². The Morgan fingerprint density at radius 2 is 1.90 bits per heavy atom. The van der Waals surface area contributed by atoms with Gasteiger partial charge >= 0.3 is 0 Å². The molecule has 6 nitrogen and oxygen atoms in total. The minimum absolute atomic E-state index is 0.0128. The van der Waals surface area contributed by atoms with Gasteiger partial charge in [0.05, 0.1) is 24.9 Å². The lowest BCUT2D eigenvalue weighted by atomic mass is 10.1. The van der Waals surface area contributed by atoms with Crippen LogP contribution >= 0.6 is 11.8 Å². The third kappa shape index (κ3) is 4.73. The lowest BCUT2D eigenvalue weighted by Gasteiger charge is -2.29. The Balaban J connectivity index is 1.32. The van der Waals surface area contributed by atoms with Crippen LogP contribution in [0.25, 0.3) is 0 Å². The zero-order chi connectivity index (χ0) is 20.9. The SMILES string of the molecule is CC(NC(=O)CCC(=O)N1CCSc2ccccc21)c1ccc2c(c1)OCCCO2. The molecule has 0 saturated carbocycles. The fourth-order valence-electron chi connectivity index (χ4n) is 3.63. The van der Waals surface area contributed by atoms with Crippen molar-refractivity contribution in [1.82, 2.24) is 5.32 Å². The molecule has 2 amide bonds. The largest absolute Gasteiger partial charge is 0.490 e. The Morgan fingerprint density at radius 1 is 1.10 bits per heavy atom. The second-order valence-electron chi connectivity index (χ2n) is 7.41. The summed E-state index contributed by atoms with van der Waals surface area (Å²) in [7, 11) is 0. The Morgan fingerprint density at radius 3 is 2.77 bits per heavy atom. The van der Waals surface area contributed by atoms with Gasteiger partial charge < -0.3 is 19.7 Å². The first kappa shape index (κ1) is 20.6. The van der Waals surface area contributed by atoms with Crippen molar-refractivity contribution in [3.05, 3.63) is 48.0 Å². The smallest absolute Gasteiger partial charge is 0.227 e. The molecule has 1 atom stereocenters. The second-order valence-corrected chi connectivity index (χ2v) is 8.54. The predicted octanol–water partition coefficient (Wildman–Crippen LogP) is 3.94. The molecule has 0 aliphatic carbocycles. The average Bonchev–Trinajstić information content (AvgIpc) is 3.02. The number of fused-ring (bicyclic) bond motifs is 2. The van der Waals surface area contributed by atoms with E-state index in [9.17, 15) is 9.59 Å². The van der Waals surface area contributed by atoms with Crippen LogP contribution < -0.4 is 19.7 Å². The van der Waals surface area contributed by atoms with E-state index in [-0.39, 0.29) is 30.7 Å². The maximum absolute atomic E-state index is 12.7. The van der Waals surface area contributed by atoms with E-state index in [4.69, 9.17) is 9.47 Å². The standard InChI is InChI=1S/C23H26N2O4S/c1-16(17-7-8-19-20(15-17)29-13-4-12-28-19)24-22(26)9-10-23(27)25-11-14-30-21-6-3-2-5-18(21)25/h2-3,5-8,15-16H,4,9-14H2,1H3,(H,24,26). The fraction of sp³-hybridized carbons (Fsp3) is 0.391. The van der Waals surface area contributed by atoms with Crippen molar-refractivity contribution >= 4 is 29.3 Å². The first-order valence-electron chi connectivity index (χ1n) is 10.3. The summed E-state index contributed by atoms with van der Waals surface area (Å²) < 4.78 is 11.4. The molecule has 0 radical (unpaired) electrons. The summed E-state index contributed by atoms with van der Waals surface area (Å²) >= 11 is 1.76. The summed E-state index contributed by atoms with van der Waals surface area (Å²) in [5.74, 6) is 2.17. The third-order valence-corrected chi connectivity index (χ3v) is 6.29. The van der Waals surface area contributed by atoms with Gasteiger partial charge in [0.2, 0.25) is 11.8 Å². The van der Waals surface area contributed by atoms with Gasteiger partial charge in [-0.1, -0.05) is 18.2 Å². The molecule has 2 heterocycles. The van der Waals surface area contributed by atoms with E-state index in [0.29, 0.717) is 25.5 Å². The van der Waals surface area contributed by atoms with E-state index in [0.717, 1.165) is 34.1 Å². The van der Waals surface area contributed by atoms with Crippen molar-refractivity contribution in [2.75, 3.05) is 30.4 Å². The number of amides is 2. The highest BCUT2D eigenvalue weighted by molar-refractivity contribution is 7.99. The molecule has 2 aliphatic rings. The molecule has 0 bridgehead atoms. The fourth-order valence-corrected chi connectivity index (χ4v) is 4.62. The van der Waals surface area contributed by atoms with E-state index in [2.05, 4.69) is 5.32 Å². The van der Waals surface area contributed by atoms with Crippen LogP contribution in [-0.2, 0) is 9.59 Å². The van der Waals surface area contributed by atoms with Crippen LogP contribution in [0, 0.1) is 0 Å². The Labute approximate surface area is 180 Å². The number of thioether (sulfide) groups is 1. The van der Waals surface area contributed by atoms with Crippen LogP contribution in [-0.4, -0.2) is 37.3 Å². The highest BCUT2D eigenvalue weighted by atomic mass is 32.2. The Bertz CT molecular complexity index is 933. The molecule has 0 fully saturated rings. The molecule has 1 N–H and O–H groups in total. The van der Waals surface area contributed by atoms with Crippen LogP contribution in [0.2, 0.25) is 0 Å². The first-order chi connectivity index (χ1) is 14.6. The van der Waals surface area contributed by atoms with Gasteiger partial charge in [-0.05, 0) is 36.8 Å². The topological polar surface area (TPSA) is 67.9 Å². The molecule has 7 heteroatoms. The van der Waals surface area contributed by atoms with Gasteiger partial charge in [-0.2, -0.15) is 0 Å². The van der Waals surface area contributed by atoms with Gasteiger partial charge in [-0.15, -0.1) is 11.8 Å². The molecule has 1 unspecified atom stereocenters. The summed E-state index contributed by atoms with van der Waals surface area (Å²) in [5.41, 5.74) is 1.89. The van der Waals surface area contributed by atoms with Crippen LogP contribution in [0.4, 0.5) is 5.69 Å². The van der Waals surface area contributed by atoms with Gasteiger partial charge in [0.25, 0.3) is 0 Å². The summed E-state index contributed by atoms with van der Waals surface area (Å²) in [6, 6.07) is 13.5. The summed E-state index contributed by atoms with van der Waals surface area (Å²) in [4.78, 5) is 28.1. The maximum atomic E-state index is 12.7. The predicted molar refractivity (Wildman–Crippen MR) is 117 cm³/mol. The molecule has 30 heavy (non-hydrogen) atoms. The summed E-state index contributed by atoms with van der Waals surface area (Å²) in [6.07, 6.45) is 1.21. The molecule has 2 aromatic rings. The number of para-hydroxylation sites is 1. The van der Waals surface area contributed by atoms with Crippen molar-refractivity contribution in [2.24, 2.45) is 0 Å². The zero-order valence-corrected chi connectivity index (χ0v) is 17.9. The number of nitrogens with one attached hydrogen (secondary N) is 1. The number of nitrogens with zero attached hydrogens (tertiary/aromatic N) is 1. The highest BCUT2D eigenvalue weighted by Crippen LogP contribution is 2.35. The van der Waals surface area contributed by atoms with Crippen molar-refractivity contribution in [3.8, 4) is 11.5 Å². The van der Waals surface area contributed by atoms with Crippen LogP contribution in [0.5, 0.6) is 11.5 Å². The van der Waals surface area contributed by atoms with Gasteiger partial charge in [0, 0.05) is 36.5 Å². The molecule has 2 aromatic carbocycles. The molecule has 158 valence electrons. The van der Waals surface area contributed by atoms with E-state index < -0.39 is 0 Å². The van der Waals surface area contributed by atoms with Crippen LogP contribution in [0.15, 0.2) is 47.4 Å². The molecular weight excluding hydrogens is 400 g/mol. The Hall–Kier alpha value is -2.67. The number of rotatable bonds is 5. The zero-order valence-electron chi connectivity index (χ0n) is 17.1. The van der Waals surface area contributed by atoms with Crippen molar-refractivity contribution in [1.29, 1.82) is 0 Å². The lowest BCUT2D eigenvalue weighted by Crippen LogP contribution is -2.36.